The van der Waals surface area contributed by atoms with Crippen LogP contribution in [-0.4, -0.2) is 42.9 Å². The molecule has 1 heterocycles. The van der Waals surface area contributed by atoms with Gasteiger partial charge in [-0.15, -0.1) is 12.4 Å². The second kappa shape index (κ2) is 9.75. The van der Waals surface area contributed by atoms with Gasteiger partial charge in [0.05, 0.1) is 12.5 Å². The van der Waals surface area contributed by atoms with Gasteiger partial charge in [-0.25, -0.2) is 0 Å². The predicted octanol–water partition coefficient (Wildman–Crippen LogP) is 2.55. The van der Waals surface area contributed by atoms with Gasteiger partial charge in [-0.3, -0.25) is 9.59 Å². The third-order valence-corrected chi connectivity index (χ3v) is 3.93. The molecule has 2 amide bonds. The molecule has 1 aromatic rings. The summed E-state index contributed by atoms with van der Waals surface area (Å²) in [6.45, 7) is 4.27. The van der Waals surface area contributed by atoms with Crippen LogP contribution in [0.5, 0.6) is 0 Å². The first-order chi connectivity index (χ1) is 10.6. The molecule has 23 heavy (non-hydrogen) atoms. The summed E-state index contributed by atoms with van der Waals surface area (Å²) in [6, 6.07) is 6.92. The maximum Gasteiger partial charge on any atom is 0.243 e. The van der Waals surface area contributed by atoms with Crippen LogP contribution < -0.4 is 10.6 Å². The molecule has 0 saturated carbocycles. The molecule has 0 aromatic heterocycles. The SMILES string of the molecule is CCCN(CC(=O)Nc1ccc(Cl)cc1)C(=O)C1CCNC1.Cl. The molecule has 7 heteroatoms. The van der Waals surface area contributed by atoms with Crippen LogP contribution in [0.25, 0.3) is 0 Å². The number of hydrogen-bond acceptors (Lipinski definition) is 3. The van der Waals surface area contributed by atoms with Crippen molar-refractivity contribution in [3.8, 4) is 0 Å². The Bertz CT molecular complexity index is 517. The van der Waals surface area contributed by atoms with E-state index in [1.54, 1.807) is 29.2 Å². The van der Waals surface area contributed by atoms with E-state index in [2.05, 4.69) is 10.6 Å². The Morgan fingerprint density at radius 1 is 1.35 bits per heavy atom. The topological polar surface area (TPSA) is 61.4 Å². The molecular weight excluding hydrogens is 337 g/mol. The van der Waals surface area contributed by atoms with Crippen molar-refractivity contribution in [1.29, 1.82) is 0 Å². The molecule has 1 atom stereocenters. The van der Waals surface area contributed by atoms with Gasteiger partial charge in [-0.05, 0) is 43.7 Å². The summed E-state index contributed by atoms with van der Waals surface area (Å²) in [5, 5.41) is 6.60. The summed E-state index contributed by atoms with van der Waals surface area (Å²) in [6.07, 6.45) is 1.68. The van der Waals surface area contributed by atoms with Gasteiger partial charge in [0.25, 0.3) is 0 Å². The number of amides is 2. The third kappa shape index (κ3) is 6.01. The average Bonchev–Trinajstić information content (AvgIpc) is 3.03. The molecule has 0 bridgehead atoms. The third-order valence-electron chi connectivity index (χ3n) is 3.68. The number of nitrogens with zero attached hydrogens (tertiary/aromatic N) is 1. The minimum Gasteiger partial charge on any atom is -0.333 e. The zero-order valence-corrected chi connectivity index (χ0v) is 14.8. The lowest BCUT2D eigenvalue weighted by molar-refractivity contribution is -0.137. The molecule has 1 aliphatic rings. The highest BCUT2D eigenvalue weighted by Gasteiger charge is 2.27. The number of anilines is 1. The fraction of sp³-hybridized carbons (Fsp3) is 0.500. The van der Waals surface area contributed by atoms with Crippen LogP contribution in [0.1, 0.15) is 19.8 Å². The highest BCUT2D eigenvalue weighted by atomic mass is 35.5. The number of hydrogen-bond donors (Lipinski definition) is 2. The second-order valence-corrected chi connectivity index (χ2v) is 5.94. The molecule has 1 fully saturated rings. The Labute approximate surface area is 148 Å². The van der Waals surface area contributed by atoms with E-state index in [-0.39, 0.29) is 36.7 Å². The summed E-state index contributed by atoms with van der Waals surface area (Å²) in [5.74, 6) is -0.122. The van der Waals surface area contributed by atoms with Gasteiger partial charge in [0, 0.05) is 23.8 Å². The number of nitrogens with one attached hydrogen (secondary N) is 2. The first-order valence-corrected chi connectivity index (χ1v) is 8.03. The smallest absolute Gasteiger partial charge is 0.243 e. The van der Waals surface area contributed by atoms with Crippen molar-refractivity contribution < 1.29 is 9.59 Å². The van der Waals surface area contributed by atoms with E-state index in [0.29, 0.717) is 23.8 Å². The molecule has 1 aliphatic heterocycles. The van der Waals surface area contributed by atoms with Gasteiger partial charge in [-0.2, -0.15) is 0 Å². The molecule has 0 aliphatic carbocycles. The van der Waals surface area contributed by atoms with Gasteiger partial charge in [0.1, 0.15) is 0 Å². The Balaban J connectivity index is 0.00000264. The normalized spacial score (nSPS) is 16.5. The van der Waals surface area contributed by atoms with Crippen molar-refractivity contribution in [2.75, 3.05) is 31.5 Å². The van der Waals surface area contributed by atoms with E-state index in [1.807, 2.05) is 6.92 Å². The van der Waals surface area contributed by atoms with Crippen molar-refractivity contribution in [3.05, 3.63) is 29.3 Å². The molecule has 1 saturated heterocycles. The Morgan fingerprint density at radius 2 is 2.04 bits per heavy atom. The second-order valence-electron chi connectivity index (χ2n) is 5.50. The fourth-order valence-corrected chi connectivity index (χ4v) is 2.69. The molecule has 2 rings (SSSR count). The maximum absolute atomic E-state index is 12.5. The lowest BCUT2D eigenvalue weighted by atomic mass is 10.1. The first-order valence-electron chi connectivity index (χ1n) is 7.65. The van der Waals surface area contributed by atoms with E-state index in [4.69, 9.17) is 11.6 Å². The van der Waals surface area contributed by atoms with Gasteiger partial charge in [0.2, 0.25) is 11.8 Å². The van der Waals surface area contributed by atoms with Gasteiger partial charge in [0.15, 0.2) is 0 Å². The summed E-state index contributed by atoms with van der Waals surface area (Å²) in [7, 11) is 0. The van der Waals surface area contributed by atoms with Crippen LogP contribution in [0.2, 0.25) is 5.02 Å². The molecule has 0 radical (unpaired) electrons. The minimum atomic E-state index is -0.185. The molecular formula is C16H23Cl2N3O2. The summed E-state index contributed by atoms with van der Waals surface area (Å²) in [4.78, 5) is 26.3. The zero-order valence-electron chi connectivity index (χ0n) is 13.2. The Kier molecular flexibility index (Phi) is 8.37. The van der Waals surface area contributed by atoms with Crippen LogP contribution in [0, 0.1) is 5.92 Å². The van der Waals surface area contributed by atoms with Gasteiger partial charge < -0.3 is 15.5 Å². The van der Waals surface area contributed by atoms with Crippen LogP contribution in [0.4, 0.5) is 5.69 Å². The number of halogens is 2. The quantitative estimate of drug-likeness (QED) is 0.820. The van der Waals surface area contributed by atoms with Crippen molar-refractivity contribution in [2.45, 2.75) is 19.8 Å². The highest BCUT2D eigenvalue weighted by molar-refractivity contribution is 6.30. The van der Waals surface area contributed by atoms with E-state index in [0.717, 1.165) is 19.4 Å². The minimum absolute atomic E-state index is 0. The number of rotatable bonds is 6. The summed E-state index contributed by atoms with van der Waals surface area (Å²) >= 11 is 5.82. The Hall–Kier alpha value is -1.30. The molecule has 1 aromatic carbocycles. The van der Waals surface area contributed by atoms with Gasteiger partial charge in [-0.1, -0.05) is 18.5 Å². The highest BCUT2D eigenvalue weighted by Crippen LogP contribution is 2.15. The van der Waals surface area contributed by atoms with Crippen molar-refractivity contribution >= 4 is 41.5 Å². The molecule has 5 nitrogen and oxygen atoms in total. The molecule has 2 N–H and O–H groups in total. The first kappa shape index (κ1) is 19.7. The standard InChI is InChI=1S/C16H22ClN3O2.ClH/c1-2-9-20(16(22)12-7-8-18-10-12)11-15(21)19-14-5-3-13(17)4-6-14;/h3-6,12,18H,2,7-11H2,1H3,(H,19,21);1H. The largest absolute Gasteiger partial charge is 0.333 e. The van der Waals surface area contributed by atoms with E-state index in [9.17, 15) is 9.59 Å². The van der Waals surface area contributed by atoms with Crippen LogP contribution >= 0.6 is 24.0 Å². The average molecular weight is 360 g/mol. The van der Waals surface area contributed by atoms with Crippen molar-refractivity contribution in [2.24, 2.45) is 5.92 Å². The van der Waals surface area contributed by atoms with E-state index < -0.39 is 0 Å². The zero-order chi connectivity index (χ0) is 15.9. The lowest BCUT2D eigenvalue weighted by Crippen LogP contribution is -2.42. The van der Waals surface area contributed by atoms with Gasteiger partial charge >= 0.3 is 0 Å². The Morgan fingerprint density at radius 3 is 2.61 bits per heavy atom. The molecule has 0 spiro atoms. The fourth-order valence-electron chi connectivity index (χ4n) is 2.57. The number of carbonyl (C=O) groups excluding carboxylic acids is 2. The van der Waals surface area contributed by atoms with Crippen LogP contribution in [0.15, 0.2) is 24.3 Å². The van der Waals surface area contributed by atoms with E-state index in [1.165, 1.54) is 0 Å². The summed E-state index contributed by atoms with van der Waals surface area (Å²) < 4.78 is 0. The van der Waals surface area contributed by atoms with Crippen molar-refractivity contribution in [1.82, 2.24) is 10.2 Å². The van der Waals surface area contributed by atoms with E-state index >= 15 is 0 Å². The lowest BCUT2D eigenvalue weighted by Gasteiger charge is -2.24. The molecule has 1 unspecified atom stereocenters. The van der Waals surface area contributed by atoms with Crippen LogP contribution in [0.3, 0.4) is 0 Å². The number of benzene rings is 1. The maximum atomic E-state index is 12.5. The molecule has 128 valence electrons. The van der Waals surface area contributed by atoms with Crippen LogP contribution in [-0.2, 0) is 9.59 Å². The summed E-state index contributed by atoms with van der Waals surface area (Å²) in [5.41, 5.74) is 0.681. The monoisotopic (exact) mass is 359 g/mol. The number of carbonyl (C=O) groups is 2. The predicted molar refractivity (Wildman–Crippen MR) is 95.2 cm³/mol. The van der Waals surface area contributed by atoms with Crippen molar-refractivity contribution in [3.63, 3.8) is 0 Å².